The second kappa shape index (κ2) is 8.01. The fraction of sp³-hybridized carbons (Fsp3) is 1.00. The number of rotatable bonds is 4. The first-order chi connectivity index (χ1) is 7.36. The zero-order chi connectivity index (χ0) is 10.9. The molecule has 0 spiro atoms. The van der Waals surface area contributed by atoms with Crippen molar-refractivity contribution in [2.75, 3.05) is 65.6 Å². The second-order valence-corrected chi connectivity index (χ2v) is 3.88. The molecule has 3 N–H and O–H groups in total. The van der Waals surface area contributed by atoms with E-state index in [2.05, 4.69) is 15.1 Å². The lowest BCUT2D eigenvalue weighted by Gasteiger charge is -2.24. The van der Waals surface area contributed by atoms with Gasteiger partial charge in [-0.1, -0.05) is 0 Å². The molecule has 0 unspecified atom stereocenters. The van der Waals surface area contributed by atoms with Gasteiger partial charge in [-0.15, -0.1) is 0 Å². The Kier molecular flexibility index (Phi) is 6.87. The molecule has 1 aliphatic heterocycles. The molecule has 0 aliphatic carbocycles. The first-order valence-electron chi connectivity index (χ1n) is 5.74. The molecule has 1 heterocycles. The van der Waals surface area contributed by atoms with Gasteiger partial charge in [-0.25, -0.2) is 0 Å². The molecule has 5 nitrogen and oxygen atoms in total. The molecule has 5 heteroatoms. The summed E-state index contributed by atoms with van der Waals surface area (Å²) in [6, 6.07) is 0. The number of nitrogens with zero attached hydrogens (tertiary/aromatic N) is 2. The molecule has 0 aromatic carbocycles. The van der Waals surface area contributed by atoms with Gasteiger partial charge in [0.1, 0.15) is 0 Å². The van der Waals surface area contributed by atoms with Crippen LogP contribution in [0.3, 0.4) is 0 Å². The van der Waals surface area contributed by atoms with Crippen LogP contribution in [0.2, 0.25) is 0 Å². The fourth-order valence-corrected chi connectivity index (χ4v) is 1.84. The second-order valence-electron chi connectivity index (χ2n) is 3.88. The maximum Gasteiger partial charge on any atom is 0.0558 e. The Labute approximate surface area is 91.7 Å². The lowest BCUT2D eigenvalue weighted by Crippen LogP contribution is -2.38. The molecule has 0 amide bonds. The summed E-state index contributed by atoms with van der Waals surface area (Å²) in [6.45, 7) is 7.83. The average Bonchev–Trinajstić information content (AvgIpc) is 2.33. The van der Waals surface area contributed by atoms with Crippen molar-refractivity contribution >= 4 is 0 Å². The van der Waals surface area contributed by atoms with E-state index < -0.39 is 0 Å². The molecular weight excluding hydrogens is 194 g/mol. The maximum absolute atomic E-state index is 8.90. The van der Waals surface area contributed by atoms with Gasteiger partial charge in [0.15, 0.2) is 0 Å². The highest BCUT2D eigenvalue weighted by molar-refractivity contribution is 4.68. The lowest BCUT2D eigenvalue weighted by atomic mass is 10.4. The first kappa shape index (κ1) is 12.9. The summed E-state index contributed by atoms with van der Waals surface area (Å²) >= 11 is 0. The van der Waals surface area contributed by atoms with E-state index in [1.165, 1.54) is 0 Å². The van der Waals surface area contributed by atoms with Crippen LogP contribution in [0.5, 0.6) is 0 Å². The predicted octanol–water partition coefficient (Wildman–Crippen LogP) is -1.82. The largest absolute Gasteiger partial charge is 0.395 e. The van der Waals surface area contributed by atoms with Gasteiger partial charge >= 0.3 is 0 Å². The highest BCUT2D eigenvalue weighted by Crippen LogP contribution is 1.94. The van der Waals surface area contributed by atoms with Crippen molar-refractivity contribution in [3.8, 4) is 0 Å². The Hall–Kier alpha value is -0.200. The molecule has 1 fully saturated rings. The standard InChI is InChI=1S/C10H23N3O2/c14-9-7-12-3-1-11-2-4-13(6-5-12)8-10-15/h11,14-15H,1-10H2. The number of aliphatic hydroxyl groups is 2. The summed E-state index contributed by atoms with van der Waals surface area (Å²) in [5, 5.41) is 21.2. The van der Waals surface area contributed by atoms with E-state index in [1.54, 1.807) is 0 Å². The quantitative estimate of drug-likeness (QED) is 0.517. The van der Waals surface area contributed by atoms with E-state index in [0.29, 0.717) is 0 Å². The van der Waals surface area contributed by atoms with Crippen LogP contribution in [0.15, 0.2) is 0 Å². The number of hydrogen-bond acceptors (Lipinski definition) is 5. The van der Waals surface area contributed by atoms with Crippen molar-refractivity contribution < 1.29 is 10.2 Å². The SMILES string of the molecule is OCCN1CCNCCN(CCO)CC1. The zero-order valence-electron chi connectivity index (χ0n) is 9.36. The van der Waals surface area contributed by atoms with Crippen LogP contribution in [0.4, 0.5) is 0 Å². The molecule has 1 saturated heterocycles. The van der Waals surface area contributed by atoms with Crippen molar-refractivity contribution in [2.45, 2.75) is 0 Å². The molecule has 1 rings (SSSR count). The van der Waals surface area contributed by atoms with E-state index in [4.69, 9.17) is 10.2 Å². The first-order valence-corrected chi connectivity index (χ1v) is 5.74. The molecule has 90 valence electrons. The molecule has 0 radical (unpaired) electrons. The molecule has 0 saturated carbocycles. The number of hydrogen-bond donors (Lipinski definition) is 3. The van der Waals surface area contributed by atoms with Crippen molar-refractivity contribution in [2.24, 2.45) is 0 Å². The van der Waals surface area contributed by atoms with Crippen LogP contribution in [0.1, 0.15) is 0 Å². The average molecular weight is 217 g/mol. The van der Waals surface area contributed by atoms with Gasteiger partial charge in [-0.2, -0.15) is 0 Å². The summed E-state index contributed by atoms with van der Waals surface area (Å²) in [7, 11) is 0. The Morgan fingerprint density at radius 2 is 1.27 bits per heavy atom. The number of nitrogens with one attached hydrogen (secondary N) is 1. The molecule has 0 atom stereocenters. The molecule has 1 aliphatic rings. The lowest BCUT2D eigenvalue weighted by molar-refractivity contribution is 0.161. The molecular formula is C10H23N3O2. The minimum Gasteiger partial charge on any atom is -0.395 e. The summed E-state index contributed by atoms with van der Waals surface area (Å²) in [6.07, 6.45) is 0. The van der Waals surface area contributed by atoms with Gasteiger partial charge in [0.05, 0.1) is 13.2 Å². The van der Waals surface area contributed by atoms with Crippen molar-refractivity contribution in [3.63, 3.8) is 0 Å². The van der Waals surface area contributed by atoms with Crippen molar-refractivity contribution in [1.82, 2.24) is 15.1 Å². The van der Waals surface area contributed by atoms with Crippen molar-refractivity contribution in [1.29, 1.82) is 0 Å². The van der Waals surface area contributed by atoms with Gasteiger partial charge in [0.25, 0.3) is 0 Å². The fourth-order valence-electron chi connectivity index (χ4n) is 1.84. The topological polar surface area (TPSA) is 59.0 Å². The number of aliphatic hydroxyl groups excluding tert-OH is 2. The highest BCUT2D eigenvalue weighted by atomic mass is 16.3. The van der Waals surface area contributed by atoms with Gasteiger partial charge in [0.2, 0.25) is 0 Å². The van der Waals surface area contributed by atoms with Crippen LogP contribution in [0.25, 0.3) is 0 Å². The van der Waals surface area contributed by atoms with Gasteiger partial charge < -0.3 is 15.5 Å². The van der Waals surface area contributed by atoms with Crippen LogP contribution < -0.4 is 5.32 Å². The Morgan fingerprint density at radius 1 is 0.800 bits per heavy atom. The minimum absolute atomic E-state index is 0.222. The van der Waals surface area contributed by atoms with Crippen LogP contribution in [0, 0.1) is 0 Å². The Balaban J connectivity index is 2.33. The van der Waals surface area contributed by atoms with E-state index in [-0.39, 0.29) is 13.2 Å². The third-order valence-corrected chi connectivity index (χ3v) is 2.77. The van der Waals surface area contributed by atoms with Crippen molar-refractivity contribution in [3.05, 3.63) is 0 Å². The summed E-state index contributed by atoms with van der Waals surface area (Å²) < 4.78 is 0. The van der Waals surface area contributed by atoms with Crippen LogP contribution >= 0.6 is 0 Å². The van der Waals surface area contributed by atoms with E-state index in [9.17, 15) is 0 Å². The molecule has 0 aromatic rings. The Morgan fingerprint density at radius 3 is 1.67 bits per heavy atom. The summed E-state index contributed by atoms with van der Waals surface area (Å²) in [5.41, 5.74) is 0. The van der Waals surface area contributed by atoms with E-state index >= 15 is 0 Å². The predicted molar refractivity (Wildman–Crippen MR) is 59.9 cm³/mol. The normalized spacial score (nSPS) is 22.0. The minimum atomic E-state index is 0.222. The zero-order valence-corrected chi connectivity index (χ0v) is 9.36. The summed E-state index contributed by atoms with van der Waals surface area (Å²) in [4.78, 5) is 4.51. The third kappa shape index (κ3) is 5.44. The van der Waals surface area contributed by atoms with Gasteiger partial charge in [0, 0.05) is 52.4 Å². The Bertz CT molecular complexity index is 142. The van der Waals surface area contributed by atoms with Gasteiger partial charge in [-0.05, 0) is 0 Å². The summed E-state index contributed by atoms with van der Waals surface area (Å²) in [5.74, 6) is 0. The number of β-amino-alcohol motifs (C(OH)–C–C–N with tert-alkyl or cyclic N) is 2. The van der Waals surface area contributed by atoms with Crippen LogP contribution in [-0.2, 0) is 0 Å². The van der Waals surface area contributed by atoms with Gasteiger partial charge in [-0.3, -0.25) is 9.80 Å². The molecule has 0 aromatic heterocycles. The smallest absolute Gasteiger partial charge is 0.0558 e. The third-order valence-electron chi connectivity index (χ3n) is 2.77. The van der Waals surface area contributed by atoms with Crippen LogP contribution in [-0.4, -0.2) is 85.6 Å². The molecule has 0 bridgehead atoms. The molecule has 15 heavy (non-hydrogen) atoms. The van der Waals surface area contributed by atoms with E-state index in [0.717, 1.165) is 52.4 Å². The van der Waals surface area contributed by atoms with E-state index in [1.807, 2.05) is 0 Å². The monoisotopic (exact) mass is 217 g/mol. The maximum atomic E-state index is 8.90. The highest BCUT2D eigenvalue weighted by Gasteiger charge is 2.10.